The summed E-state index contributed by atoms with van der Waals surface area (Å²) in [6, 6.07) is 18.9. The maximum atomic E-state index is 14.1. The van der Waals surface area contributed by atoms with Crippen LogP contribution in [0, 0.1) is 6.92 Å². The minimum atomic E-state index is -4.22. The summed E-state index contributed by atoms with van der Waals surface area (Å²) in [5, 5.41) is 3.37. The molecule has 3 aromatic rings. The first-order valence-corrected chi connectivity index (χ1v) is 15.4. The Morgan fingerprint density at radius 2 is 1.57 bits per heavy atom. The van der Waals surface area contributed by atoms with Crippen LogP contribution in [0.15, 0.2) is 77.7 Å². The van der Waals surface area contributed by atoms with Crippen LogP contribution in [0.3, 0.4) is 0 Å². The van der Waals surface area contributed by atoms with Crippen molar-refractivity contribution in [3.63, 3.8) is 0 Å². The highest BCUT2D eigenvalue weighted by Gasteiger charge is 2.34. The van der Waals surface area contributed by atoms with Crippen molar-refractivity contribution in [2.45, 2.75) is 64.1 Å². The van der Waals surface area contributed by atoms with Crippen molar-refractivity contribution in [3.8, 4) is 0 Å². The summed E-state index contributed by atoms with van der Waals surface area (Å²) in [6.07, 6.45) is 1.07. The fourth-order valence-electron chi connectivity index (χ4n) is 4.25. The lowest BCUT2D eigenvalue weighted by atomic mass is 10.1. The summed E-state index contributed by atoms with van der Waals surface area (Å²) in [7, 11) is -4.22. The molecule has 40 heavy (non-hydrogen) atoms. The summed E-state index contributed by atoms with van der Waals surface area (Å²) >= 11 is 12.6. The van der Waals surface area contributed by atoms with Crippen LogP contribution in [0.1, 0.15) is 44.7 Å². The SMILES string of the molecule is CC[C@H](C)NC(=O)[C@H](CC)N(Cc1ccccc1C)C(=O)CN(c1ccc(Cl)cc1Cl)S(=O)(=O)c1ccccc1. The van der Waals surface area contributed by atoms with Crippen LogP contribution < -0.4 is 9.62 Å². The lowest BCUT2D eigenvalue weighted by Crippen LogP contribution is -2.53. The Morgan fingerprint density at radius 1 is 0.925 bits per heavy atom. The summed E-state index contributed by atoms with van der Waals surface area (Å²) in [6.45, 7) is 7.17. The second-order valence-electron chi connectivity index (χ2n) is 9.61. The largest absolute Gasteiger partial charge is 0.352 e. The van der Waals surface area contributed by atoms with Gasteiger partial charge < -0.3 is 10.2 Å². The van der Waals surface area contributed by atoms with Crippen LogP contribution in [0.25, 0.3) is 0 Å². The van der Waals surface area contributed by atoms with Gasteiger partial charge in [0.25, 0.3) is 10.0 Å². The van der Waals surface area contributed by atoms with E-state index in [0.29, 0.717) is 11.4 Å². The van der Waals surface area contributed by atoms with E-state index in [2.05, 4.69) is 5.32 Å². The number of halogens is 2. The highest BCUT2D eigenvalue weighted by atomic mass is 35.5. The Balaban J connectivity index is 2.09. The number of hydrogen-bond acceptors (Lipinski definition) is 4. The number of anilines is 1. The highest BCUT2D eigenvalue weighted by molar-refractivity contribution is 7.92. The zero-order valence-corrected chi connectivity index (χ0v) is 25.4. The van der Waals surface area contributed by atoms with Crippen LogP contribution in [0.4, 0.5) is 5.69 Å². The molecule has 0 bridgehead atoms. The number of nitrogens with zero attached hydrogens (tertiary/aromatic N) is 2. The second-order valence-corrected chi connectivity index (χ2v) is 12.3. The molecule has 3 aromatic carbocycles. The standard InChI is InChI=1S/C30H35Cl2N3O4S/c1-5-22(4)33-30(37)27(6-2)34(19-23-13-11-10-12-21(23)3)29(36)20-35(28-17-16-24(31)18-26(28)32)40(38,39)25-14-8-7-9-15-25/h7-18,22,27H,5-6,19-20H2,1-4H3,(H,33,37)/t22-,27-/m0/s1. The van der Waals surface area contributed by atoms with Gasteiger partial charge in [-0.05, 0) is 68.1 Å². The predicted molar refractivity (Wildman–Crippen MR) is 161 cm³/mol. The number of carbonyl (C=O) groups is 2. The molecule has 0 spiro atoms. The molecule has 7 nitrogen and oxygen atoms in total. The van der Waals surface area contributed by atoms with Crippen molar-refractivity contribution < 1.29 is 18.0 Å². The summed E-state index contributed by atoms with van der Waals surface area (Å²) in [5.41, 5.74) is 1.91. The normalized spacial score (nSPS) is 12.8. The molecule has 0 aliphatic heterocycles. The van der Waals surface area contributed by atoms with Crippen LogP contribution in [-0.2, 0) is 26.2 Å². The first-order chi connectivity index (χ1) is 19.0. The summed E-state index contributed by atoms with van der Waals surface area (Å²) < 4.78 is 28.7. The minimum Gasteiger partial charge on any atom is -0.352 e. The predicted octanol–water partition coefficient (Wildman–Crippen LogP) is 6.22. The van der Waals surface area contributed by atoms with E-state index >= 15 is 0 Å². The average Bonchev–Trinajstić information content (AvgIpc) is 2.93. The number of sulfonamides is 1. The van der Waals surface area contributed by atoms with Gasteiger partial charge in [0.05, 0.1) is 15.6 Å². The topological polar surface area (TPSA) is 86.8 Å². The quantitative estimate of drug-likeness (QED) is 0.266. The van der Waals surface area contributed by atoms with Gasteiger partial charge in [0, 0.05) is 17.6 Å². The molecule has 0 radical (unpaired) electrons. The minimum absolute atomic E-state index is 0.000764. The molecule has 3 rings (SSSR count). The van der Waals surface area contributed by atoms with Gasteiger partial charge in [-0.1, -0.05) is 79.5 Å². The van der Waals surface area contributed by atoms with Gasteiger partial charge in [0.1, 0.15) is 12.6 Å². The number of carbonyl (C=O) groups excluding carboxylic acids is 2. The van der Waals surface area contributed by atoms with Crippen LogP contribution in [0.2, 0.25) is 10.0 Å². The fourth-order valence-corrected chi connectivity index (χ4v) is 6.26. The molecule has 0 heterocycles. The molecule has 10 heteroatoms. The van der Waals surface area contributed by atoms with Crippen LogP contribution >= 0.6 is 23.2 Å². The molecule has 0 unspecified atom stereocenters. The van der Waals surface area contributed by atoms with Gasteiger partial charge in [-0.2, -0.15) is 0 Å². The van der Waals surface area contributed by atoms with E-state index in [1.165, 1.54) is 35.2 Å². The number of benzene rings is 3. The first kappa shape index (κ1) is 31.5. The molecule has 0 aromatic heterocycles. The van der Waals surface area contributed by atoms with Gasteiger partial charge >= 0.3 is 0 Å². The molecule has 0 aliphatic carbocycles. The third-order valence-electron chi connectivity index (χ3n) is 6.78. The van der Waals surface area contributed by atoms with Crippen molar-refractivity contribution >= 4 is 50.7 Å². The summed E-state index contributed by atoms with van der Waals surface area (Å²) in [4.78, 5) is 28.9. The zero-order valence-electron chi connectivity index (χ0n) is 23.1. The molecular weight excluding hydrogens is 569 g/mol. The number of hydrogen-bond donors (Lipinski definition) is 1. The van der Waals surface area contributed by atoms with Crippen LogP contribution in [-0.4, -0.2) is 43.8 Å². The molecule has 214 valence electrons. The maximum Gasteiger partial charge on any atom is 0.264 e. The van der Waals surface area contributed by atoms with E-state index in [0.717, 1.165) is 21.9 Å². The van der Waals surface area contributed by atoms with Gasteiger partial charge in [0.15, 0.2) is 0 Å². The van der Waals surface area contributed by atoms with E-state index in [4.69, 9.17) is 23.2 Å². The van der Waals surface area contributed by atoms with E-state index in [1.54, 1.807) is 18.2 Å². The monoisotopic (exact) mass is 603 g/mol. The molecule has 0 saturated carbocycles. The molecule has 1 N–H and O–H groups in total. The fraction of sp³-hybridized carbons (Fsp3) is 0.333. The van der Waals surface area contributed by atoms with Crippen molar-refractivity contribution in [3.05, 3.63) is 94.0 Å². The molecule has 0 fully saturated rings. The first-order valence-electron chi connectivity index (χ1n) is 13.2. The molecule has 0 saturated heterocycles. The van der Waals surface area contributed by atoms with Crippen molar-refractivity contribution in [1.29, 1.82) is 0 Å². The number of amides is 2. The van der Waals surface area contributed by atoms with Crippen LogP contribution in [0.5, 0.6) is 0 Å². The highest BCUT2D eigenvalue weighted by Crippen LogP contribution is 2.33. The van der Waals surface area contributed by atoms with E-state index in [9.17, 15) is 18.0 Å². The van der Waals surface area contributed by atoms with E-state index in [1.807, 2.05) is 52.0 Å². The van der Waals surface area contributed by atoms with Gasteiger partial charge in [0.2, 0.25) is 11.8 Å². The molecule has 2 atom stereocenters. The Kier molecular flexibility index (Phi) is 11.0. The van der Waals surface area contributed by atoms with Gasteiger partial charge in [-0.3, -0.25) is 13.9 Å². The third-order valence-corrected chi connectivity index (χ3v) is 9.09. The lowest BCUT2D eigenvalue weighted by molar-refractivity contribution is -0.140. The van der Waals surface area contributed by atoms with Crippen molar-refractivity contribution in [1.82, 2.24) is 10.2 Å². The second kappa shape index (κ2) is 14.0. The smallest absolute Gasteiger partial charge is 0.264 e. The molecule has 0 aliphatic rings. The maximum absolute atomic E-state index is 14.1. The summed E-state index contributed by atoms with van der Waals surface area (Å²) in [5.74, 6) is -0.833. The third kappa shape index (κ3) is 7.56. The van der Waals surface area contributed by atoms with Gasteiger partial charge in [-0.15, -0.1) is 0 Å². The lowest BCUT2D eigenvalue weighted by Gasteiger charge is -2.34. The number of nitrogens with one attached hydrogen (secondary N) is 1. The number of aryl methyl sites for hydroxylation is 1. The van der Waals surface area contributed by atoms with E-state index < -0.39 is 28.5 Å². The Morgan fingerprint density at radius 3 is 2.17 bits per heavy atom. The molecule has 2 amide bonds. The van der Waals surface area contributed by atoms with Gasteiger partial charge in [-0.25, -0.2) is 8.42 Å². The Hall–Kier alpha value is -3.07. The Bertz CT molecular complexity index is 1430. The zero-order chi connectivity index (χ0) is 29.4. The average molecular weight is 605 g/mol. The number of rotatable bonds is 12. The van der Waals surface area contributed by atoms with E-state index in [-0.39, 0.29) is 34.1 Å². The van der Waals surface area contributed by atoms with Crippen molar-refractivity contribution in [2.75, 3.05) is 10.8 Å². The Labute approximate surface area is 247 Å². The van der Waals surface area contributed by atoms with Crippen molar-refractivity contribution in [2.24, 2.45) is 0 Å². The molecular formula is C30H35Cl2N3O4S.